The van der Waals surface area contributed by atoms with Gasteiger partial charge in [-0.3, -0.25) is 0 Å². The first-order chi connectivity index (χ1) is 10.1. The zero-order valence-corrected chi connectivity index (χ0v) is 15.7. The maximum Gasteiger partial charge on any atom is 0.135 e. The average Bonchev–Trinajstić information content (AvgIpc) is 2.46. The maximum atomic E-state index is 5.49. The molecule has 2 fully saturated rings. The van der Waals surface area contributed by atoms with Crippen molar-refractivity contribution in [3.63, 3.8) is 0 Å². The maximum absolute atomic E-state index is 5.49. The van der Waals surface area contributed by atoms with E-state index in [2.05, 4.69) is 61.3 Å². The van der Waals surface area contributed by atoms with Crippen molar-refractivity contribution in [1.82, 2.24) is 5.32 Å². The van der Waals surface area contributed by atoms with Gasteiger partial charge in [-0.15, -0.1) is 0 Å². The fourth-order valence-electron chi connectivity index (χ4n) is 3.88. The normalized spacial score (nSPS) is 28.6. The number of halogens is 2. The van der Waals surface area contributed by atoms with Crippen LogP contribution in [0.1, 0.15) is 32.1 Å². The van der Waals surface area contributed by atoms with Crippen LogP contribution in [0, 0.1) is 0 Å². The molecule has 2 bridgehead atoms. The third-order valence-electron chi connectivity index (χ3n) is 4.88. The van der Waals surface area contributed by atoms with Crippen molar-refractivity contribution in [2.75, 3.05) is 19.1 Å². The van der Waals surface area contributed by atoms with E-state index in [1.807, 2.05) is 0 Å². The Bertz CT molecular complexity index is 509. The minimum Gasteiger partial charge on any atom is -0.495 e. The molecule has 2 heterocycles. The highest BCUT2D eigenvalue weighted by Gasteiger charge is 2.38. The molecule has 2 unspecified atom stereocenters. The van der Waals surface area contributed by atoms with E-state index in [-0.39, 0.29) is 0 Å². The number of fused-ring (bicyclic) bond motifs is 2. The molecule has 1 N–H and O–H groups in total. The van der Waals surface area contributed by atoms with Crippen LogP contribution < -0.4 is 15.0 Å². The molecule has 3 nitrogen and oxygen atoms in total. The molecule has 1 aromatic carbocycles. The Morgan fingerprint density at radius 3 is 2.38 bits per heavy atom. The zero-order valence-electron chi connectivity index (χ0n) is 12.5. The molecule has 0 aliphatic carbocycles. The number of methoxy groups -OCH3 is 1. The van der Waals surface area contributed by atoms with Crippen molar-refractivity contribution in [1.29, 1.82) is 0 Å². The minimum atomic E-state index is 0.636. The fourth-order valence-corrected chi connectivity index (χ4v) is 5.24. The first-order valence-electron chi connectivity index (χ1n) is 7.62. The number of piperidine rings is 2. The van der Waals surface area contributed by atoms with Crippen LogP contribution in [0.4, 0.5) is 5.69 Å². The number of hydrogen-bond acceptors (Lipinski definition) is 3. The average molecular weight is 418 g/mol. The number of anilines is 1. The molecule has 2 aliphatic rings. The second-order valence-electron chi connectivity index (χ2n) is 6.04. The molecule has 3 rings (SSSR count). The minimum absolute atomic E-state index is 0.636. The molecular formula is C16H22Br2N2O. The molecule has 2 aliphatic heterocycles. The van der Waals surface area contributed by atoms with Crippen LogP contribution in [0.2, 0.25) is 0 Å². The highest BCUT2D eigenvalue weighted by molar-refractivity contribution is 9.11. The summed E-state index contributed by atoms with van der Waals surface area (Å²) in [6, 6.07) is 6.20. The number of hydrogen-bond donors (Lipinski definition) is 1. The van der Waals surface area contributed by atoms with E-state index in [9.17, 15) is 0 Å². The lowest BCUT2D eigenvalue weighted by Gasteiger charge is -2.50. The van der Waals surface area contributed by atoms with Crippen LogP contribution >= 0.6 is 31.9 Å². The predicted molar refractivity (Wildman–Crippen MR) is 94.4 cm³/mol. The first-order valence-corrected chi connectivity index (χ1v) is 9.21. The Kier molecular flexibility index (Phi) is 4.81. The van der Waals surface area contributed by atoms with Crippen molar-refractivity contribution >= 4 is 37.5 Å². The number of ether oxygens (including phenoxy) is 1. The van der Waals surface area contributed by atoms with Crippen molar-refractivity contribution in [2.24, 2.45) is 0 Å². The predicted octanol–water partition coefficient (Wildman–Crippen LogP) is 4.33. The van der Waals surface area contributed by atoms with Gasteiger partial charge in [0.15, 0.2) is 0 Å². The van der Waals surface area contributed by atoms with Crippen LogP contribution in [0.5, 0.6) is 5.75 Å². The summed E-state index contributed by atoms with van der Waals surface area (Å²) >= 11 is 7.31. The van der Waals surface area contributed by atoms with Gasteiger partial charge in [0.25, 0.3) is 0 Å². The summed E-state index contributed by atoms with van der Waals surface area (Å²) in [5.41, 5.74) is 1.28. The van der Waals surface area contributed by atoms with Gasteiger partial charge in [0.2, 0.25) is 0 Å². The second-order valence-corrected chi connectivity index (χ2v) is 7.75. The first kappa shape index (κ1) is 15.6. The van der Waals surface area contributed by atoms with Crippen LogP contribution in [0.25, 0.3) is 0 Å². The molecule has 2 saturated heterocycles. The second kappa shape index (κ2) is 6.47. The van der Waals surface area contributed by atoms with Crippen molar-refractivity contribution in [2.45, 2.75) is 50.2 Å². The Morgan fingerprint density at radius 2 is 1.81 bits per heavy atom. The molecule has 1 aromatic rings. The van der Waals surface area contributed by atoms with E-state index in [0.717, 1.165) is 14.7 Å². The lowest BCUT2D eigenvalue weighted by atomic mass is 9.81. The van der Waals surface area contributed by atoms with Gasteiger partial charge in [-0.1, -0.05) is 0 Å². The van der Waals surface area contributed by atoms with Crippen LogP contribution in [-0.2, 0) is 0 Å². The molecule has 2 atom stereocenters. The van der Waals surface area contributed by atoms with Gasteiger partial charge in [-0.2, -0.15) is 0 Å². The summed E-state index contributed by atoms with van der Waals surface area (Å²) in [6.07, 6.45) is 6.40. The third kappa shape index (κ3) is 2.97. The van der Waals surface area contributed by atoms with Crippen molar-refractivity contribution < 1.29 is 4.74 Å². The number of nitrogens with one attached hydrogen (secondary N) is 1. The highest BCUT2D eigenvalue weighted by atomic mass is 79.9. The van der Waals surface area contributed by atoms with Gasteiger partial charge < -0.3 is 15.0 Å². The van der Waals surface area contributed by atoms with Gasteiger partial charge in [0.05, 0.1) is 17.3 Å². The molecule has 21 heavy (non-hydrogen) atoms. The Balaban J connectivity index is 1.96. The number of nitrogens with zero attached hydrogens (tertiary/aromatic N) is 1. The fraction of sp³-hybridized carbons (Fsp3) is 0.625. The molecule has 116 valence electrons. The zero-order chi connectivity index (χ0) is 15.0. The summed E-state index contributed by atoms with van der Waals surface area (Å²) in [6.45, 7) is 0. The van der Waals surface area contributed by atoms with Crippen molar-refractivity contribution in [3.8, 4) is 5.75 Å². The van der Waals surface area contributed by atoms with E-state index in [4.69, 9.17) is 4.74 Å². The van der Waals surface area contributed by atoms with Gasteiger partial charge in [0.1, 0.15) is 5.75 Å². The Morgan fingerprint density at radius 1 is 1.14 bits per heavy atom. The van der Waals surface area contributed by atoms with E-state index >= 15 is 0 Å². The summed E-state index contributed by atoms with van der Waals surface area (Å²) in [7, 11) is 3.82. The number of rotatable bonds is 3. The molecule has 0 spiro atoms. The van der Waals surface area contributed by atoms with Crippen LogP contribution in [0.15, 0.2) is 21.1 Å². The topological polar surface area (TPSA) is 24.5 Å². The van der Waals surface area contributed by atoms with E-state index in [1.54, 1.807) is 7.11 Å². The van der Waals surface area contributed by atoms with Crippen LogP contribution in [-0.4, -0.2) is 32.3 Å². The summed E-state index contributed by atoms with van der Waals surface area (Å²) in [5, 5.41) is 3.48. The largest absolute Gasteiger partial charge is 0.495 e. The van der Waals surface area contributed by atoms with Gasteiger partial charge in [-0.05, 0) is 77.1 Å². The lowest BCUT2D eigenvalue weighted by molar-refractivity contribution is 0.252. The highest BCUT2D eigenvalue weighted by Crippen LogP contribution is 2.43. The summed E-state index contributed by atoms with van der Waals surface area (Å²) in [4.78, 5) is 2.64. The molecule has 0 amide bonds. The van der Waals surface area contributed by atoms with E-state index in [0.29, 0.717) is 18.1 Å². The van der Waals surface area contributed by atoms with Crippen LogP contribution in [0.3, 0.4) is 0 Å². The van der Waals surface area contributed by atoms with Gasteiger partial charge >= 0.3 is 0 Å². The van der Waals surface area contributed by atoms with Gasteiger partial charge in [0, 0.05) is 28.7 Å². The van der Waals surface area contributed by atoms with Gasteiger partial charge in [-0.25, -0.2) is 0 Å². The number of benzene rings is 1. The molecule has 0 saturated carbocycles. The van der Waals surface area contributed by atoms with E-state index in [1.165, 1.54) is 37.8 Å². The SMILES string of the molecule is CNC1CC2CCCC(C1)N2c1cc(OC)c(Br)cc1Br. The summed E-state index contributed by atoms with van der Waals surface area (Å²) < 4.78 is 7.63. The molecule has 0 aromatic heterocycles. The quantitative estimate of drug-likeness (QED) is 0.791. The Labute approximate surface area is 143 Å². The van der Waals surface area contributed by atoms with Crippen molar-refractivity contribution in [3.05, 3.63) is 21.1 Å². The monoisotopic (exact) mass is 416 g/mol. The Hall–Kier alpha value is -0.260. The summed E-state index contributed by atoms with van der Waals surface area (Å²) in [5.74, 6) is 0.905. The smallest absolute Gasteiger partial charge is 0.135 e. The lowest BCUT2D eigenvalue weighted by Crippen LogP contribution is -2.56. The molecular weight excluding hydrogens is 396 g/mol. The standard InChI is InChI=1S/C16H22Br2N2O/c1-19-10-6-11-4-3-5-12(7-10)20(11)15-9-16(21-2)14(18)8-13(15)17/h8-12,19H,3-7H2,1-2H3. The third-order valence-corrected chi connectivity index (χ3v) is 6.14. The molecule has 0 radical (unpaired) electrons. The molecule has 5 heteroatoms. The van der Waals surface area contributed by atoms with E-state index < -0.39 is 0 Å².